The van der Waals surface area contributed by atoms with Crippen LogP contribution in [0.3, 0.4) is 0 Å². The van der Waals surface area contributed by atoms with Crippen LogP contribution in [0.1, 0.15) is 12.8 Å². The van der Waals surface area contributed by atoms with E-state index in [1.54, 1.807) is 0 Å². The van der Waals surface area contributed by atoms with Crippen LogP contribution in [0.15, 0.2) is 47.4 Å². The van der Waals surface area contributed by atoms with Gasteiger partial charge in [-0.05, 0) is 49.2 Å². The molecule has 2 amide bonds. The summed E-state index contributed by atoms with van der Waals surface area (Å²) in [5.74, 6) is -1.15. The van der Waals surface area contributed by atoms with Crippen LogP contribution in [0, 0.1) is 11.7 Å². The summed E-state index contributed by atoms with van der Waals surface area (Å²) in [6, 6.07) is 8.92. The Labute approximate surface area is 191 Å². The number of hydrogen-bond donors (Lipinski definition) is 1. The zero-order chi connectivity index (χ0) is 24.2. The lowest BCUT2D eigenvalue weighted by Crippen LogP contribution is -2.47. The van der Waals surface area contributed by atoms with E-state index in [1.807, 2.05) is 0 Å². The number of piperidine rings is 1. The van der Waals surface area contributed by atoms with Crippen LogP contribution >= 0.6 is 0 Å². The molecule has 2 N–H and O–H groups in total. The number of ether oxygens (including phenoxy) is 2. The Balaban J connectivity index is 1.92. The molecule has 0 aliphatic carbocycles. The van der Waals surface area contributed by atoms with Crippen LogP contribution in [0.2, 0.25) is 0 Å². The van der Waals surface area contributed by atoms with Gasteiger partial charge in [0.05, 0.1) is 24.8 Å². The monoisotopic (exact) mass is 479 g/mol. The molecule has 2 aromatic carbocycles. The van der Waals surface area contributed by atoms with Gasteiger partial charge < -0.3 is 20.1 Å². The van der Waals surface area contributed by atoms with Crippen molar-refractivity contribution in [2.45, 2.75) is 17.7 Å². The Kier molecular flexibility index (Phi) is 7.42. The van der Waals surface area contributed by atoms with Gasteiger partial charge in [0.15, 0.2) is 11.5 Å². The third-order valence-corrected chi connectivity index (χ3v) is 7.36. The highest BCUT2D eigenvalue weighted by Crippen LogP contribution is 2.32. The molecule has 2 aromatic rings. The number of amides is 2. The van der Waals surface area contributed by atoms with Gasteiger partial charge in [-0.15, -0.1) is 0 Å². The van der Waals surface area contributed by atoms with E-state index in [0.29, 0.717) is 31.7 Å². The minimum absolute atomic E-state index is 0.121. The lowest BCUT2D eigenvalue weighted by Gasteiger charge is -2.33. The SMILES string of the molecule is COc1ccc(S(=O)(=O)N(CC(=O)N2CCC(C(N)=O)CC2)c2ccc(F)cc2)cc1OC. The normalized spacial score (nSPS) is 14.6. The minimum atomic E-state index is -4.23. The Hall–Kier alpha value is -3.34. The molecule has 0 atom stereocenters. The summed E-state index contributed by atoms with van der Waals surface area (Å²) in [5, 5.41) is 0. The van der Waals surface area contributed by atoms with Crippen LogP contribution in [0.4, 0.5) is 10.1 Å². The van der Waals surface area contributed by atoms with Gasteiger partial charge in [0.1, 0.15) is 12.4 Å². The van der Waals surface area contributed by atoms with Gasteiger partial charge in [-0.3, -0.25) is 13.9 Å². The number of rotatable bonds is 8. The number of nitrogens with zero attached hydrogens (tertiary/aromatic N) is 2. The average molecular weight is 480 g/mol. The number of anilines is 1. The number of nitrogens with two attached hydrogens (primary N) is 1. The van der Waals surface area contributed by atoms with Crippen molar-refractivity contribution in [3.8, 4) is 11.5 Å². The molecule has 0 bridgehead atoms. The smallest absolute Gasteiger partial charge is 0.264 e. The molecule has 9 nitrogen and oxygen atoms in total. The summed E-state index contributed by atoms with van der Waals surface area (Å²) in [4.78, 5) is 25.8. The van der Waals surface area contributed by atoms with Gasteiger partial charge in [0, 0.05) is 25.1 Å². The summed E-state index contributed by atoms with van der Waals surface area (Å²) in [5.41, 5.74) is 5.47. The first-order valence-electron chi connectivity index (χ1n) is 10.2. The third kappa shape index (κ3) is 5.36. The maximum absolute atomic E-state index is 13.5. The zero-order valence-electron chi connectivity index (χ0n) is 18.4. The van der Waals surface area contributed by atoms with Crippen LogP contribution < -0.4 is 19.5 Å². The Morgan fingerprint density at radius 1 is 1.06 bits per heavy atom. The second kappa shape index (κ2) is 10.1. The number of sulfonamides is 1. The van der Waals surface area contributed by atoms with E-state index in [1.165, 1.54) is 49.5 Å². The predicted molar refractivity (Wildman–Crippen MR) is 119 cm³/mol. The second-order valence-corrected chi connectivity index (χ2v) is 9.42. The van der Waals surface area contributed by atoms with Crippen molar-refractivity contribution in [1.29, 1.82) is 0 Å². The van der Waals surface area contributed by atoms with E-state index < -0.39 is 34.2 Å². The van der Waals surface area contributed by atoms with Gasteiger partial charge in [-0.25, -0.2) is 12.8 Å². The van der Waals surface area contributed by atoms with Crippen LogP contribution in [0.25, 0.3) is 0 Å². The number of benzene rings is 2. The van der Waals surface area contributed by atoms with Gasteiger partial charge in [0.2, 0.25) is 11.8 Å². The van der Waals surface area contributed by atoms with Crippen molar-refractivity contribution in [2.24, 2.45) is 11.7 Å². The first-order chi connectivity index (χ1) is 15.7. The first kappa shape index (κ1) is 24.3. The van der Waals surface area contributed by atoms with Crippen molar-refractivity contribution in [3.05, 3.63) is 48.3 Å². The van der Waals surface area contributed by atoms with Crippen molar-refractivity contribution >= 4 is 27.5 Å². The van der Waals surface area contributed by atoms with E-state index in [9.17, 15) is 22.4 Å². The van der Waals surface area contributed by atoms with Gasteiger partial charge in [-0.1, -0.05) is 0 Å². The van der Waals surface area contributed by atoms with Gasteiger partial charge in [0.25, 0.3) is 10.0 Å². The van der Waals surface area contributed by atoms with E-state index in [-0.39, 0.29) is 22.3 Å². The number of primary amides is 1. The Morgan fingerprint density at radius 3 is 2.21 bits per heavy atom. The highest BCUT2D eigenvalue weighted by Gasteiger charge is 2.32. The Bertz CT molecular complexity index is 1120. The maximum atomic E-state index is 13.5. The fourth-order valence-electron chi connectivity index (χ4n) is 3.66. The summed E-state index contributed by atoms with van der Waals surface area (Å²) >= 11 is 0. The lowest BCUT2D eigenvalue weighted by atomic mass is 9.96. The summed E-state index contributed by atoms with van der Waals surface area (Å²) in [6.07, 6.45) is 0.833. The van der Waals surface area contributed by atoms with Crippen molar-refractivity contribution in [1.82, 2.24) is 4.90 Å². The molecule has 1 aliphatic heterocycles. The van der Waals surface area contributed by atoms with Gasteiger partial charge >= 0.3 is 0 Å². The van der Waals surface area contributed by atoms with Crippen LogP contribution in [-0.2, 0) is 19.6 Å². The van der Waals surface area contributed by atoms with E-state index in [4.69, 9.17) is 15.2 Å². The average Bonchev–Trinajstić information content (AvgIpc) is 2.82. The topological polar surface area (TPSA) is 119 Å². The van der Waals surface area contributed by atoms with Crippen molar-refractivity contribution < 1.29 is 31.9 Å². The highest BCUT2D eigenvalue weighted by atomic mass is 32.2. The molecular weight excluding hydrogens is 453 g/mol. The van der Waals surface area contributed by atoms with Crippen molar-refractivity contribution in [2.75, 3.05) is 38.2 Å². The second-order valence-electron chi connectivity index (χ2n) is 7.56. The highest BCUT2D eigenvalue weighted by molar-refractivity contribution is 7.92. The van der Waals surface area contributed by atoms with Crippen LogP contribution in [0.5, 0.6) is 11.5 Å². The fourth-order valence-corrected chi connectivity index (χ4v) is 5.09. The molecule has 33 heavy (non-hydrogen) atoms. The molecule has 178 valence electrons. The molecule has 0 aromatic heterocycles. The van der Waals surface area contributed by atoms with Gasteiger partial charge in [-0.2, -0.15) is 0 Å². The maximum Gasteiger partial charge on any atom is 0.264 e. The molecule has 0 radical (unpaired) electrons. The number of likely N-dealkylation sites (tertiary alicyclic amines) is 1. The standard InChI is InChI=1S/C22H26FN3O6S/c1-31-19-8-7-18(13-20(19)32-2)33(29,30)26(17-5-3-16(23)4-6-17)14-21(27)25-11-9-15(10-12-25)22(24)28/h3-8,13,15H,9-12,14H2,1-2H3,(H2,24,28). The summed E-state index contributed by atoms with van der Waals surface area (Å²) < 4.78 is 51.9. The van der Waals surface area contributed by atoms with E-state index >= 15 is 0 Å². The molecule has 11 heteroatoms. The number of carbonyl (C=O) groups is 2. The minimum Gasteiger partial charge on any atom is -0.493 e. The molecule has 1 aliphatic rings. The number of halogens is 1. The largest absolute Gasteiger partial charge is 0.493 e. The van der Waals surface area contributed by atoms with Crippen LogP contribution in [-0.4, -0.2) is 59.0 Å². The molecule has 0 spiro atoms. The third-order valence-electron chi connectivity index (χ3n) is 5.59. The molecule has 0 saturated carbocycles. The predicted octanol–water partition coefficient (Wildman–Crippen LogP) is 1.76. The molecular formula is C22H26FN3O6S. The summed E-state index contributed by atoms with van der Waals surface area (Å²) in [6.45, 7) is 0.0871. The lowest BCUT2D eigenvalue weighted by molar-refractivity contribution is -0.133. The molecule has 3 rings (SSSR count). The number of methoxy groups -OCH3 is 2. The zero-order valence-corrected chi connectivity index (χ0v) is 19.2. The first-order valence-corrected chi connectivity index (χ1v) is 11.7. The molecule has 0 unspecified atom stereocenters. The quantitative estimate of drug-likeness (QED) is 0.616. The fraction of sp³-hybridized carbons (Fsp3) is 0.364. The van der Waals surface area contributed by atoms with Crippen molar-refractivity contribution in [3.63, 3.8) is 0 Å². The molecule has 1 heterocycles. The summed E-state index contributed by atoms with van der Waals surface area (Å²) in [7, 11) is -1.42. The number of hydrogen-bond acceptors (Lipinski definition) is 6. The van der Waals surface area contributed by atoms with E-state index in [2.05, 4.69) is 0 Å². The number of carbonyl (C=O) groups excluding carboxylic acids is 2. The Morgan fingerprint density at radius 2 is 1.67 bits per heavy atom. The molecule has 1 saturated heterocycles. The molecule has 1 fully saturated rings. The van der Waals surface area contributed by atoms with E-state index in [0.717, 1.165) is 16.4 Å².